The maximum atomic E-state index is 13.6. The van der Waals surface area contributed by atoms with Gasteiger partial charge in [0.05, 0.1) is 31.6 Å². The first-order valence-corrected chi connectivity index (χ1v) is 12.9. The Morgan fingerprint density at radius 1 is 0.857 bits per heavy atom. The van der Waals surface area contributed by atoms with Gasteiger partial charge in [-0.2, -0.15) is 0 Å². The number of aromatic nitrogens is 4. The topological polar surface area (TPSA) is 133 Å². The fourth-order valence-corrected chi connectivity index (χ4v) is 3.58. The van der Waals surface area contributed by atoms with Gasteiger partial charge in [-0.15, -0.1) is 6.42 Å². The highest BCUT2D eigenvalue weighted by Crippen LogP contribution is 2.27. The van der Waals surface area contributed by atoms with Crippen LogP contribution in [0.3, 0.4) is 0 Å². The molecule has 0 unspecified atom stereocenters. The molecule has 0 saturated heterocycles. The van der Waals surface area contributed by atoms with Crippen LogP contribution >= 0.6 is 0 Å². The summed E-state index contributed by atoms with van der Waals surface area (Å²) in [4.78, 5) is 56.5. The van der Waals surface area contributed by atoms with E-state index in [4.69, 9.17) is 25.4 Å². The highest BCUT2D eigenvalue weighted by Gasteiger charge is 2.27. The number of rotatable bonds is 7. The second kappa shape index (κ2) is 12.3. The molecule has 0 spiro atoms. The molecule has 0 atom stereocenters. The monoisotopic (exact) mass is 578 g/mol. The molecular formula is C30H34N4O8. The van der Waals surface area contributed by atoms with Crippen molar-refractivity contribution in [3.63, 3.8) is 0 Å². The first-order chi connectivity index (χ1) is 19.6. The lowest BCUT2D eigenvalue weighted by Crippen LogP contribution is -2.41. The zero-order valence-electron chi connectivity index (χ0n) is 25.0. The van der Waals surface area contributed by atoms with Gasteiger partial charge in [0.2, 0.25) is 0 Å². The van der Waals surface area contributed by atoms with Crippen LogP contribution in [0.25, 0.3) is 11.2 Å². The summed E-state index contributed by atoms with van der Waals surface area (Å²) in [6.45, 7) is 8.68. The van der Waals surface area contributed by atoms with Crippen LogP contribution in [-0.4, -0.2) is 44.8 Å². The maximum Gasteiger partial charge on any atom is 0.336 e. The Hall–Kier alpha value is -4.97. The van der Waals surface area contributed by atoms with E-state index in [1.807, 2.05) is 0 Å². The summed E-state index contributed by atoms with van der Waals surface area (Å²) in [7, 11) is 3.00. The molecule has 0 saturated carbocycles. The molecule has 0 aliphatic heterocycles. The molecule has 0 aliphatic rings. The third kappa shape index (κ3) is 6.66. The number of methoxy groups -OCH3 is 2. The van der Waals surface area contributed by atoms with E-state index in [1.165, 1.54) is 18.8 Å². The van der Waals surface area contributed by atoms with Gasteiger partial charge in [-0.25, -0.2) is 18.9 Å². The van der Waals surface area contributed by atoms with E-state index in [0.717, 1.165) is 9.13 Å². The number of hydrogen-bond donors (Lipinski definition) is 0. The Morgan fingerprint density at radius 2 is 1.43 bits per heavy atom. The van der Waals surface area contributed by atoms with E-state index in [2.05, 4.69) is 22.7 Å². The molecule has 42 heavy (non-hydrogen) atoms. The third-order valence-corrected chi connectivity index (χ3v) is 5.94. The molecule has 2 heterocycles. The molecule has 222 valence electrons. The number of imidazole rings is 1. The van der Waals surface area contributed by atoms with Crippen LogP contribution in [0.2, 0.25) is 0 Å². The summed E-state index contributed by atoms with van der Waals surface area (Å²) < 4.78 is 24.6. The van der Waals surface area contributed by atoms with Gasteiger partial charge in [-0.3, -0.25) is 19.0 Å². The van der Waals surface area contributed by atoms with Crippen LogP contribution in [0.4, 0.5) is 0 Å². The number of carbonyl (C=O) groups is 2. The number of carbonyl (C=O) groups excluding carboxylic acids is 2. The van der Waals surface area contributed by atoms with Crippen LogP contribution in [0.5, 0.6) is 11.5 Å². The summed E-state index contributed by atoms with van der Waals surface area (Å²) in [5.74, 6) is 7.96. The number of hydrogen-bond acceptors (Lipinski definition) is 9. The summed E-state index contributed by atoms with van der Waals surface area (Å²) >= 11 is 0. The lowest BCUT2D eigenvalue weighted by molar-refractivity contribution is -0.157. The van der Waals surface area contributed by atoms with Crippen molar-refractivity contribution < 1.29 is 28.5 Å². The van der Waals surface area contributed by atoms with Gasteiger partial charge in [0, 0.05) is 5.56 Å². The molecule has 0 bridgehead atoms. The molecule has 0 N–H and O–H groups in total. The van der Waals surface area contributed by atoms with Crippen LogP contribution in [0.15, 0.2) is 27.8 Å². The van der Waals surface area contributed by atoms with Crippen LogP contribution in [-0.2, 0) is 39.1 Å². The lowest BCUT2D eigenvalue weighted by Gasteiger charge is -2.18. The summed E-state index contributed by atoms with van der Waals surface area (Å²) in [5.41, 5.74) is -3.01. The molecule has 3 aromatic rings. The average molecular weight is 579 g/mol. The summed E-state index contributed by atoms with van der Waals surface area (Å²) in [6, 6.07) is 5.03. The second-order valence-corrected chi connectivity index (χ2v) is 11.3. The Morgan fingerprint density at radius 3 is 1.95 bits per heavy atom. The molecule has 12 heteroatoms. The van der Waals surface area contributed by atoms with Gasteiger partial charge >= 0.3 is 17.6 Å². The van der Waals surface area contributed by atoms with Crippen molar-refractivity contribution in [1.82, 2.24) is 18.7 Å². The fourth-order valence-electron chi connectivity index (χ4n) is 3.58. The fraction of sp³-hybridized carbons (Fsp3) is 0.433. The molecule has 0 aliphatic carbocycles. The zero-order valence-corrected chi connectivity index (χ0v) is 25.0. The average Bonchev–Trinajstić information content (AvgIpc) is 3.29. The van der Waals surface area contributed by atoms with E-state index in [1.54, 1.807) is 59.7 Å². The number of terminal acetylenes is 1. The van der Waals surface area contributed by atoms with E-state index < -0.39 is 47.5 Å². The normalized spacial score (nSPS) is 11.3. The van der Waals surface area contributed by atoms with Crippen molar-refractivity contribution in [3.05, 3.63) is 50.4 Å². The zero-order chi connectivity index (χ0) is 31.4. The molecule has 3 rings (SSSR count). The second-order valence-electron chi connectivity index (χ2n) is 11.3. The minimum absolute atomic E-state index is 0.00681. The first-order valence-electron chi connectivity index (χ1n) is 12.9. The Bertz CT molecular complexity index is 1750. The van der Waals surface area contributed by atoms with Gasteiger partial charge in [-0.1, -0.05) is 11.8 Å². The smallest absolute Gasteiger partial charge is 0.336 e. The van der Waals surface area contributed by atoms with Crippen molar-refractivity contribution >= 4 is 23.1 Å². The van der Waals surface area contributed by atoms with Crippen molar-refractivity contribution in [2.75, 3.05) is 14.2 Å². The van der Waals surface area contributed by atoms with E-state index in [0.29, 0.717) is 17.1 Å². The minimum Gasteiger partial charge on any atom is -0.493 e. The first kappa shape index (κ1) is 31.6. The molecule has 0 fully saturated rings. The highest BCUT2D eigenvalue weighted by molar-refractivity contribution is 5.76. The van der Waals surface area contributed by atoms with Gasteiger partial charge in [-0.05, 0) is 65.7 Å². The number of nitrogens with zero attached hydrogens (tertiary/aromatic N) is 4. The lowest BCUT2D eigenvalue weighted by atomic mass is 9.97. The number of fused-ring (bicyclic) bond motifs is 1. The quantitative estimate of drug-likeness (QED) is 0.306. The van der Waals surface area contributed by atoms with E-state index >= 15 is 0 Å². The van der Waals surface area contributed by atoms with Gasteiger partial charge in [0.1, 0.15) is 0 Å². The van der Waals surface area contributed by atoms with Crippen LogP contribution in [0.1, 0.15) is 52.9 Å². The van der Waals surface area contributed by atoms with Gasteiger partial charge in [0.15, 0.2) is 41.9 Å². The van der Waals surface area contributed by atoms with Crippen molar-refractivity contribution in [2.45, 2.75) is 61.5 Å². The van der Waals surface area contributed by atoms with Gasteiger partial charge < -0.3 is 18.9 Å². The number of ether oxygens (including phenoxy) is 4. The standard InChI is InChI=1S/C30H34N4O8/c1-10-15-32-25(35)23-24(34(28(32)38)18-42-27(37)30(5,6)7)31-22(33(23)17-41-26(36)29(2,3)4)14-12-19-11-13-20(39-8)21(16-19)40-9/h1,11,13,16H,15,17-18H2,2-9H3. The highest BCUT2D eigenvalue weighted by atomic mass is 16.5. The van der Waals surface area contributed by atoms with E-state index in [-0.39, 0.29) is 23.5 Å². The van der Waals surface area contributed by atoms with Crippen molar-refractivity contribution in [2.24, 2.45) is 10.8 Å². The largest absolute Gasteiger partial charge is 0.493 e. The Labute approximate surface area is 243 Å². The maximum absolute atomic E-state index is 13.6. The number of esters is 2. The SMILES string of the molecule is C#CCn1c(=O)c2c(nc(C#Cc3ccc(OC)c(OC)c3)n2COC(=O)C(C)(C)C)n(COC(=O)C(C)(C)C)c1=O. The molecule has 0 radical (unpaired) electrons. The van der Waals surface area contributed by atoms with Crippen LogP contribution < -0.4 is 20.7 Å². The summed E-state index contributed by atoms with van der Waals surface area (Å²) in [5, 5.41) is 0. The van der Waals surface area contributed by atoms with E-state index in [9.17, 15) is 19.2 Å². The van der Waals surface area contributed by atoms with Crippen molar-refractivity contribution in [1.29, 1.82) is 0 Å². The molecule has 0 amide bonds. The predicted octanol–water partition coefficient (Wildman–Crippen LogP) is 2.50. The molecular weight excluding hydrogens is 544 g/mol. The molecule has 12 nitrogen and oxygen atoms in total. The predicted molar refractivity (Wildman–Crippen MR) is 154 cm³/mol. The number of benzene rings is 1. The summed E-state index contributed by atoms with van der Waals surface area (Å²) in [6.07, 6.45) is 5.44. The third-order valence-electron chi connectivity index (χ3n) is 5.94. The minimum atomic E-state index is -0.855. The Balaban J connectivity index is 2.29. The molecule has 2 aromatic heterocycles. The van der Waals surface area contributed by atoms with Crippen LogP contribution in [0, 0.1) is 35.0 Å². The van der Waals surface area contributed by atoms with Crippen molar-refractivity contribution in [3.8, 4) is 35.7 Å². The Kier molecular flexibility index (Phi) is 9.22. The van der Waals surface area contributed by atoms with Gasteiger partial charge in [0.25, 0.3) is 5.56 Å². The molecule has 1 aromatic carbocycles.